The normalized spacial score (nSPS) is 13.1. The minimum absolute atomic E-state index is 0.241. The van der Waals surface area contributed by atoms with Crippen LogP contribution in [-0.4, -0.2) is 20.8 Å². The number of carbonyl (C=O) groups is 1. The smallest absolute Gasteiger partial charge is 0.279 e. The zero-order valence-electron chi connectivity index (χ0n) is 12.7. The van der Waals surface area contributed by atoms with Crippen LogP contribution in [0.3, 0.4) is 0 Å². The summed E-state index contributed by atoms with van der Waals surface area (Å²) in [6, 6.07) is 8.97. The topological polar surface area (TPSA) is 73.0 Å². The third kappa shape index (κ3) is 2.70. The molecule has 1 aliphatic rings. The molecule has 4 rings (SSSR count). The van der Waals surface area contributed by atoms with Crippen molar-refractivity contribution in [3.63, 3.8) is 0 Å². The van der Waals surface area contributed by atoms with Gasteiger partial charge in [0.2, 0.25) is 0 Å². The van der Waals surface area contributed by atoms with E-state index in [1.807, 2.05) is 18.2 Å². The average molecular weight is 361 g/mol. The number of thioether (sulfide) groups is 1. The van der Waals surface area contributed by atoms with Gasteiger partial charge in [0.15, 0.2) is 5.69 Å². The Morgan fingerprint density at radius 3 is 3.00 bits per heavy atom. The van der Waals surface area contributed by atoms with E-state index in [1.165, 1.54) is 0 Å². The molecule has 1 N–H and O–H groups in total. The van der Waals surface area contributed by atoms with Crippen LogP contribution in [0.15, 0.2) is 34.9 Å². The molecule has 0 aliphatic carbocycles. The minimum atomic E-state index is -0.324. The van der Waals surface area contributed by atoms with E-state index >= 15 is 0 Å². The maximum Gasteiger partial charge on any atom is 0.279 e. The molecule has 1 amide bonds. The molecule has 0 fully saturated rings. The van der Waals surface area contributed by atoms with E-state index < -0.39 is 0 Å². The molecule has 3 aromatic rings. The first kappa shape index (κ1) is 15.3. The first-order valence-corrected chi connectivity index (χ1v) is 8.84. The van der Waals surface area contributed by atoms with E-state index in [9.17, 15) is 4.79 Å². The Bertz CT molecular complexity index is 934. The predicted molar refractivity (Wildman–Crippen MR) is 92.8 cm³/mol. The van der Waals surface area contributed by atoms with Crippen LogP contribution in [0.2, 0.25) is 5.02 Å². The minimum Gasteiger partial charge on any atom is -0.361 e. The van der Waals surface area contributed by atoms with Gasteiger partial charge in [-0.3, -0.25) is 4.79 Å². The van der Waals surface area contributed by atoms with E-state index in [0.29, 0.717) is 16.6 Å². The van der Waals surface area contributed by atoms with Crippen LogP contribution in [0, 0.1) is 6.92 Å². The summed E-state index contributed by atoms with van der Waals surface area (Å²) in [6.45, 7) is 1.74. The molecule has 6 nitrogen and oxygen atoms in total. The van der Waals surface area contributed by atoms with Gasteiger partial charge in [-0.1, -0.05) is 22.8 Å². The molecule has 0 saturated carbocycles. The van der Waals surface area contributed by atoms with Crippen molar-refractivity contribution in [1.29, 1.82) is 0 Å². The van der Waals surface area contributed by atoms with Crippen molar-refractivity contribution in [3.8, 4) is 5.69 Å². The van der Waals surface area contributed by atoms with Crippen molar-refractivity contribution >= 4 is 35.1 Å². The number of halogens is 1. The Hall–Kier alpha value is -2.25. The van der Waals surface area contributed by atoms with Crippen LogP contribution in [-0.2, 0) is 11.5 Å². The summed E-state index contributed by atoms with van der Waals surface area (Å²) in [5, 5.41) is 11.9. The summed E-state index contributed by atoms with van der Waals surface area (Å²) in [4.78, 5) is 12.5. The second-order valence-electron chi connectivity index (χ2n) is 5.44. The molecular formula is C16H13ClN4O2S. The molecule has 1 aliphatic heterocycles. The summed E-state index contributed by atoms with van der Waals surface area (Å²) in [6.07, 6.45) is 0. The largest absolute Gasteiger partial charge is 0.361 e. The summed E-state index contributed by atoms with van der Waals surface area (Å²) >= 11 is 7.86. The van der Waals surface area contributed by atoms with Gasteiger partial charge in [-0.15, -0.1) is 0 Å². The van der Waals surface area contributed by atoms with Crippen molar-refractivity contribution in [2.75, 3.05) is 5.32 Å². The van der Waals surface area contributed by atoms with Crippen molar-refractivity contribution in [2.24, 2.45) is 0 Å². The molecule has 3 heterocycles. The molecule has 24 heavy (non-hydrogen) atoms. The lowest BCUT2D eigenvalue weighted by Crippen LogP contribution is -2.16. The van der Waals surface area contributed by atoms with Crippen molar-refractivity contribution in [1.82, 2.24) is 14.9 Å². The number of anilines is 1. The second kappa shape index (κ2) is 5.99. The number of nitrogens with one attached hydrogen (secondary N) is 1. The van der Waals surface area contributed by atoms with Gasteiger partial charge in [-0.2, -0.15) is 16.9 Å². The molecule has 1 aromatic carbocycles. The maximum atomic E-state index is 12.5. The Morgan fingerprint density at radius 2 is 2.25 bits per heavy atom. The SMILES string of the molecule is Cc1cc(C(=O)Nc2c3c(nn2-c2cccc(Cl)c2)CSC3)no1. The van der Waals surface area contributed by atoms with E-state index in [1.54, 1.807) is 35.5 Å². The standard InChI is InChI=1S/C16H13ClN4O2S/c1-9-5-13(20-23-9)16(22)18-15-12-7-24-8-14(12)19-21(15)11-4-2-3-10(17)6-11/h2-6H,7-8H2,1H3,(H,18,22). The predicted octanol–water partition coefficient (Wildman–Crippen LogP) is 3.82. The Balaban J connectivity index is 1.75. The zero-order valence-corrected chi connectivity index (χ0v) is 14.3. The fourth-order valence-corrected chi connectivity index (χ4v) is 3.80. The van der Waals surface area contributed by atoms with E-state index in [-0.39, 0.29) is 11.6 Å². The summed E-state index contributed by atoms with van der Waals surface area (Å²) in [5.41, 5.74) is 3.06. The molecule has 8 heteroatoms. The Morgan fingerprint density at radius 1 is 1.38 bits per heavy atom. The fraction of sp³-hybridized carbons (Fsp3) is 0.188. The highest BCUT2D eigenvalue weighted by atomic mass is 35.5. The van der Waals surface area contributed by atoms with Gasteiger partial charge in [-0.25, -0.2) is 4.68 Å². The number of aryl methyl sites for hydroxylation is 1. The van der Waals surface area contributed by atoms with Crippen LogP contribution in [0.1, 0.15) is 27.5 Å². The van der Waals surface area contributed by atoms with Crippen molar-refractivity contribution in [2.45, 2.75) is 18.4 Å². The summed E-state index contributed by atoms with van der Waals surface area (Å²) in [5.74, 6) is 2.56. The van der Waals surface area contributed by atoms with Crippen LogP contribution >= 0.6 is 23.4 Å². The van der Waals surface area contributed by atoms with Gasteiger partial charge in [0, 0.05) is 28.2 Å². The van der Waals surface area contributed by atoms with Crippen LogP contribution in [0.25, 0.3) is 5.69 Å². The molecule has 0 unspecified atom stereocenters. The maximum absolute atomic E-state index is 12.5. The number of carbonyl (C=O) groups excluding carboxylic acids is 1. The lowest BCUT2D eigenvalue weighted by atomic mass is 10.2. The van der Waals surface area contributed by atoms with Gasteiger partial charge in [-0.05, 0) is 25.1 Å². The number of benzene rings is 1. The van der Waals surface area contributed by atoms with Crippen molar-refractivity contribution in [3.05, 3.63) is 58.1 Å². The number of rotatable bonds is 3. The number of fused-ring (bicyclic) bond motifs is 1. The van der Waals surface area contributed by atoms with Gasteiger partial charge in [0.25, 0.3) is 5.91 Å². The third-order valence-corrected chi connectivity index (χ3v) is 4.90. The zero-order chi connectivity index (χ0) is 16.7. The van der Waals surface area contributed by atoms with Crippen LogP contribution < -0.4 is 5.32 Å². The molecule has 0 spiro atoms. The van der Waals surface area contributed by atoms with Gasteiger partial charge in [0.05, 0.1) is 11.4 Å². The lowest BCUT2D eigenvalue weighted by molar-refractivity contribution is 0.101. The highest BCUT2D eigenvalue weighted by Gasteiger charge is 2.25. The van der Waals surface area contributed by atoms with Crippen molar-refractivity contribution < 1.29 is 9.32 Å². The molecule has 2 aromatic heterocycles. The van der Waals surface area contributed by atoms with Crippen LogP contribution in [0.4, 0.5) is 5.82 Å². The number of aromatic nitrogens is 3. The summed E-state index contributed by atoms with van der Waals surface area (Å²) < 4.78 is 6.70. The molecule has 0 radical (unpaired) electrons. The first-order valence-electron chi connectivity index (χ1n) is 7.31. The molecule has 0 atom stereocenters. The molecule has 0 bridgehead atoms. The van der Waals surface area contributed by atoms with Gasteiger partial charge in [0.1, 0.15) is 11.6 Å². The fourth-order valence-electron chi connectivity index (χ4n) is 2.58. The van der Waals surface area contributed by atoms with Crippen LogP contribution in [0.5, 0.6) is 0 Å². The average Bonchev–Trinajstić information content (AvgIpc) is 3.24. The number of hydrogen-bond acceptors (Lipinski definition) is 5. The van der Waals surface area contributed by atoms with Gasteiger partial charge >= 0.3 is 0 Å². The number of amides is 1. The molecule has 122 valence electrons. The van der Waals surface area contributed by atoms with Gasteiger partial charge < -0.3 is 9.84 Å². The quantitative estimate of drug-likeness (QED) is 0.768. The highest BCUT2D eigenvalue weighted by molar-refractivity contribution is 7.98. The first-order chi connectivity index (χ1) is 11.6. The van der Waals surface area contributed by atoms with E-state index in [0.717, 1.165) is 28.5 Å². The Kier molecular flexibility index (Phi) is 3.82. The van der Waals surface area contributed by atoms with E-state index in [4.69, 9.17) is 16.1 Å². The number of nitrogens with zero attached hydrogens (tertiary/aromatic N) is 3. The monoisotopic (exact) mass is 360 g/mol. The Labute approximate surface area is 147 Å². The second-order valence-corrected chi connectivity index (χ2v) is 6.86. The summed E-state index contributed by atoms with van der Waals surface area (Å²) in [7, 11) is 0. The lowest BCUT2D eigenvalue weighted by Gasteiger charge is -2.10. The highest BCUT2D eigenvalue weighted by Crippen LogP contribution is 2.36. The van der Waals surface area contributed by atoms with E-state index in [2.05, 4.69) is 15.6 Å². The molecule has 0 saturated heterocycles. The molecular weight excluding hydrogens is 348 g/mol. The third-order valence-electron chi connectivity index (χ3n) is 3.70. The number of hydrogen-bond donors (Lipinski definition) is 1.